The molecule has 2 amide bonds. The summed E-state index contributed by atoms with van der Waals surface area (Å²) in [5.41, 5.74) is -0.481. The van der Waals surface area contributed by atoms with Gasteiger partial charge in [-0.3, -0.25) is 24.5 Å². The highest BCUT2D eigenvalue weighted by Crippen LogP contribution is 2.24. The Morgan fingerprint density at radius 1 is 1.12 bits per heavy atom. The van der Waals surface area contributed by atoms with E-state index in [0.717, 1.165) is 24.3 Å². The van der Waals surface area contributed by atoms with Gasteiger partial charge in [-0.05, 0) is 44.0 Å². The zero-order valence-corrected chi connectivity index (χ0v) is 17.2. The average molecular weight is 445 g/mol. The standard InChI is InChI=1S/C22H21F2N3O5/c1-13(25-21(29)15-3-2-4-17(11-15)27(31)32)22(30)26-9-7-14(8-10-26)20(28)18-12-16(23)5-6-19(18)24/h2-6,11-14H,7-10H2,1H3,(H,25,29). The van der Waals surface area contributed by atoms with Gasteiger partial charge in [-0.15, -0.1) is 0 Å². The van der Waals surface area contributed by atoms with Crippen LogP contribution in [-0.4, -0.2) is 46.6 Å². The van der Waals surface area contributed by atoms with E-state index in [9.17, 15) is 33.3 Å². The summed E-state index contributed by atoms with van der Waals surface area (Å²) in [6.07, 6.45) is 0.568. The number of nitro benzene ring substituents is 1. The van der Waals surface area contributed by atoms with Gasteiger partial charge >= 0.3 is 0 Å². The molecule has 32 heavy (non-hydrogen) atoms. The highest BCUT2D eigenvalue weighted by atomic mass is 19.1. The molecule has 3 rings (SSSR count). The fourth-order valence-electron chi connectivity index (χ4n) is 3.64. The number of Topliss-reactive ketones (excluding diaryl/α,β-unsaturated/α-hetero) is 1. The number of nitro groups is 1. The van der Waals surface area contributed by atoms with Crippen LogP contribution in [0.15, 0.2) is 42.5 Å². The number of hydrogen-bond acceptors (Lipinski definition) is 5. The monoisotopic (exact) mass is 445 g/mol. The summed E-state index contributed by atoms with van der Waals surface area (Å²) in [6.45, 7) is 1.95. The third-order valence-corrected chi connectivity index (χ3v) is 5.41. The van der Waals surface area contributed by atoms with Crippen molar-refractivity contribution in [2.75, 3.05) is 13.1 Å². The number of likely N-dealkylation sites (tertiary alicyclic amines) is 1. The van der Waals surface area contributed by atoms with Crippen LogP contribution in [0.2, 0.25) is 0 Å². The molecule has 1 heterocycles. The summed E-state index contributed by atoms with van der Waals surface area (Å²) in [5.74, 6) is -3.51. The van der Waals surface area contributed by atoms with Crippen molar-refractivity contribution in [1.82, 2.24) is 10.2 Å². The van der Waals surface area contributed by atoms with Gasteiger partial charge in [-0.1, -0.05) is 6.07 Å². The van der Waals surface area contributed by atoms with Gasteiger partial charge in [0.15, 0.2) is 5.78 Å². The number of benzene rings is 2. The molecule has 0 aromatic heterocycles. The molecule has 1 fully saturated rings. The van der Waals surface area contributed by atoms with Gasteiger partial charge in [-0.25, -0.2) is 8.78 Å². The minimum Gasteiger partial charge on any atom is -0.341 e. The van der Waals surface area contributed by atoms with Gasteiger partial charge in [0, 0.05) is 36.7 Å². The molecule has 1 unspecified atom stereocenters. The molecule has 0 bridgehead atoms. The summed E-state index contributed by atoms with van der Waals surface area (Å²) in [6, 6.07) is 6.99. The molecular formula is C22H21F2N3O5. The molecule has 1 atom stereocenters. The minimum atomic E-state index is -0.894. The van der Waals surface area contributed by atoms with Gasteiger partial charge in [0.05, 0.1) is 10.5 Å². The van der Waals surface area contributed by atoms with Gasteiger partial charge in [0.25, 0.3) is 11.6 Å². The van der Waals surface area contributed by atoms with Crippen LogP contribution in [0.1, 0.15) is 40.5 Å². The molecule has 2 aromatic carbocycles. The number of nitrogens with zero attached hydrogens (tertiary/aromatic N) is 2. The zero-order valence-electron chi connectivity index (χ0n) is 17.2. The number of non-ortho nitro benzene ring substituents is 1. The SMILES string of the molecule is CC(NC(=O)c1cccc([N+](=O)[O-])c1)C(=O)N1CCC(C(=O)c2cc(F)ccc2F)CC1. The first-order valence-corrected chi connectivity index (χ1v) is 10.0. The van der Waals surface area contributed by atoms with E-state index in [0.29, 0.717) is 0 Å². The van der Waals surface area contributed by atoms with E-state index in [1.165, 1.54) is 30.0 Å². The number of nitrogens with one attached hydrogen (secondary N) is 1. The van der Waals surface area contributed by atoms with Crippen LogP contribution in [0.5, 0.6) is 0 Å². The molecule has 0 spiro atoms. The number of carbonyl (C=O) groups is 3. The van der Waals surface area contributed by atoms with Crippen LogP contribution in [0.3, 0.4) is 0 Å². The largest absolute Gasteiger partial charge is 0.341 e. The number of carbonyl (C=O) groups excluding carboxylic acids is 3. The van der Waals surface area contributed by atoms with Crippen molar-refractivity contribution in [3.63, 3.8) is 0 Å². The lowest BCUT2D eigenvalue weighted by Crippen LogP contribution is -2.49. The average Bonchev–Trinajstić information content (AvgIpc) is 2.79. The molecule has 1 N–H and O–H groups in total. The highest BCUT2D eigenvalue weighted by Gasteiger charge is 2.31. The highest BCUT2D eigenvalue weighted by molar-refractivity contribution is 5.99. The molecule has 0 aliphatic carbocycles. The van der Waals surface area contributed by atoms with Crippen molar-refractivity contribution in [2.45, 2.75) is 25.8 Å². The fourth-order valence-corrected chi connectivity index (χ4v) is 3.64. The summed E-state index contributed by atoms with van der Waals surface area (Å²) < 4.78 is 27.3. The van der Waals surface area contributed by atoms with Gasteiger partial charge in [-0.2, -0.15) is 0 Å². The van der Waals surface area contributed by atoms with Crippen LogP contribution in [0.4, 0.5) is 14.5 Å². The molecule has 1 aliphatic rings. The van der Waals surface area contributed by atoms with E-state index in [4.69, 9.17) is 0 Å². The Morgan fingerprint density at radius 3 is 2.47 bits per heavy atom. The maximum Gasteiger partial charge on any atom is 0.270 e. The summed E-state index contributed by atoms with van der Waals surface area (Å²) in [4.78, 5) is 49.3. The van der Waals surface area contributed by atoms with Crippen molar-refractivity contribution in [3.8, 4) is 0 Å². The Morgan fingerprint density at radius 2 is 1.81 bits per heavy atom. The van der Waals surface area contributed by atoms with E-state index < -0.39 is 40.2 Å². The number of halogens is 2. The lowest BCUT2D eigenvalue weighted by atomic mass is 9.88. The van der Waals surface area contributed by atoms with Crippen molar-refractivity contribution in [1.29, 1.82) is 0 Å². The van der Waals surface area contributed by atoms with E-state index >= 15 is 0 Å². The van der Waals surface area contributed by atoms with E-state index in [1.807, 2.05) is 0 Å². The lowest BCUT2D eigenvalue weighted by molar-refractivity contribution is -0.384. The van der Waals surface area contributed by atoms with Gasteiger partial charge in [0.1, 0.15) is 17.7 Å². The van der Waals surface area contributed by atoms with Crippen molar-refractivity contribution >= 4 is 23.3 Å². The molecule has 1 saturated heterocycles. The molecule has 8 nitrogen and oxygen atoms in total. The van der Waals surface area contributed by atoms with Crippen molar-refractivity contribution in [3.05, 3.63) is 75.3 Å². The topological polar surface area (TPSA) is 110 Å². The fraction of sp³-hybridized carbons (Fsp3) is 0.318. The lowest BCUT2D eigenvalue weighted by Gasteiger charge is -2.33. The summed E-state index contributed by atoms with van der Waals surface area (Å²) in [7, 11) is 0. The molecule has 168 valence electrons. The number of hydrogen-bond donors (Lipinski definition) is 1. The smallest absolute Gasteiger partial charge is 0.270 e. The second kappa shape index (κ2) is 9.63. The Bertz CT molecular complexity index is 1070. The quantitative estimate of drug-likeness (QED) is 0.417. The Hall–Kier alpha value is -3.69. The third-order valence-electron chi connectivity index (χ3n) is 5.41. The number of piperidine rings is 1. The normalized spacial score (nSPS) is 15.2. The van der Waals surface area contributed by atoms with Crippen LogP contribution >= 0.6 is 0 Å². The van der Waals surface area contributed by atoms with Crippen molar-refractivity contribution < 1.29 is 28.1 Å². The van der Waals surface area contributed by atoms with E-state index in [2.05, 4.69) is 5.32 Å². The second-order valence-corrected chi connectivity index (χ2v) is 7.59. The Balaban J connectivity index is 1.57. The van der Waals surface area contributed by atoms with Crippen LogP contribution in [0, 0.1) is 27.7 Å². The van der Waals surface area contributed by atoms with Crippen LogP contribution in [0.25, 0.3) is 0 Å². The molecular weight excluding hydrogens is 424 g/mol. The first-order valence-electron chi connectivity index (χ1n) is 10.0. The van der Waals surface area contributed by atoms with E-state index in [-0.39, 0.29) is 48.7 Å². The van der Waals surface area contributed by atoms with Crippen LogP contribution < -0.4 is 5.32 Å². The second-order valence-electron chi connectivity index (χ2n) is 7.59. The maximum absolute atomic E-state index is 13.9. The summed E-state index contributed by atoms with van der Waals surface area (Å²) >= 11 is 0. The molecule has 10 heteroatoms. The first kappa shape index (κ1) is 23.0. The predicted molar refractivity (Wildman–Crippen MR) is 110 cm³/mol. The first-order chi connectivity index (χ1) is 15.2. The number of ketones is 1. The predicted octanol–water partition coefficient (Wildman–Crippen LogP) is 3.11. The minimum absolute atomic E-state index is 0.0558. The Kier molecular flexibility index (Phi) is 6.92. The van der Waals surface area contributed by atoms with Crippen LogP contribution in [-0.2, 0) is 4.79 Å². The summed E-state index contributed by atoms with van der Waals surface area (Å²) in [5, 5.41) is 13.4. The molecule has 1 aliphatic heterocycles. The number of amides is 2. The molecule has 0 saturated carbocycles. The molecule has 2 aromatic rings. The number of rotatable bonds is 6. The zero-order chi connectivity index (χ0) is 23.4. The third kappa shape index (κ3) is 5.13. The van der Waals surface area contributed by atoms with Crippen molar-refractivity contribution in [2.24, 2.45) is 5.92 Å². The Labute approximate surface area is 182 Å². The van der Waals surface area contributed by atoms with E-state index in [1.54, 1.807) is 0 Å². The van der Waals surface area contributed by atoms with Gasteiger partial charge < -0.3 is 10.2 Å². The molecule has 0 radical (unpaired) electrons. The maximum atomic E-state index is 13.9. The van der Waals surface area contributed by atoms with Gasteiger partial charge in [0.2, 0.25) is 5.91 Å².